The summed E-state index contributed by atoms with van der Waals surface area (Å²) in [6.07, 6.45) is 11.8. The molecule has 0 aromatic heterocycles. The van der Waals surface area contributed by atoms with Crippen LogP contribution in [0.1, 0.15) is 76.2 Å². The number of thioether (sulfide) groups is 2. The summed E-state index contributed by atoms with van der Waals surface area (Å²) in [4.78, 5) is 12.7. The number of rotatable bonds is 4. The summed E-state index contributed by atoms with van der Waals surface area (Å²) in [7, 11) is 0. The molecule has 31 heavy (non-hydrogen) atoms. The van der Waals surface area contributed by atoms with Gasteiger partial charge < -0.3 is 4.74 Å². The van der Waals surface area contributed by atoms with E-state index < -0.39 is 5.97 Å². The highest BCUT2D eigenvalue weighted by molar-refractivity contribution is 8.22. The average molecular weight is 456 g/mol. The summed E-state index contributed by atoms with van der Waals surface area (Å²) in [5, 5.41) is 9.65. The van der Waals surface area contributed by atoms with Crippen LogP contribution in [-0.2, 0) is 4.79 Å². The van der Waals surface area contributed by atoms with Crippen molar-refractivity contribution in [2.45, 2.75) is 70.6 Å². The van der Waals surface area contributed by atoms with Crippen LogP contribution < -0.4 is 4.74 Å². The lowest BCUT2D eigenvalue weighted by Gasteiger charge is -2.35. The van der Waals surface area contributed by atoms with Gasteiger partial charge in [0, 0.05) is 11.5 Å². The molecule has 4 rings (SSSR count). The second-order valence-corrected chi connectivity index (χ2v) is 11.8. The molecule has 1 aromatic rings. The number of ether oxygens (including phenoxy) is 1. The molecule has 1 saturated heterocycles. The van der Waals surface area contributed by atoms with Crippen LogP contribution in [0.2, 0.25) is 0 Å². The van der Waals surface area contributed by atoms with Gasteiger partial charge in [-0.2, -0.15) is 5.26 Å². The zero-order valence-corrected chi connectivity index (χ0v) is 20.1. The zero-order chi connectivity index (χ0) is 21.6. The van der Waals surface area contributed by atoms with Gasteiger partial charge in [0.15, 0.2) is 5.57 Å². The Labute approximate surface area is 195 Å². The van der Waals surface area contributed by atoms with E-state index in [9.17, 15) is 10.1 Å². The normalized spacial score (nSPS) is 27.4. The number of nitriles is 1. The third-order valence-corrected chi connectivity index (χ3v) is 10.1. The molecule has 166 valence electrons. The maximum atomic E-state index is 12.7. The maximum Gasteiger partial charge on any atom is 0.356 e. The van der Waals surface area contributed by atoms with Gasteiger partial charge in [0.05, 0.1) is 4.24 Å². The number of hydrogen-bond donors (Lipinski definition) is 0. The lowest BCUT2D eigenvalue weighted by Crippen LogP contribution is -2.26. The molecule has 0 spiro atoms. The summed E-state index contributed by atoms with van der Waals surface area (Å²) in [5.74, 6) is 5.02. The Morgan fingerprint density at radius 1 is 0.935 bits per heavy atom. The van der Waals surface area contributed by atoms with E-state index in [0.717, 1.165) is 27.6 Å². The van der Waals surface area contributed by atoms with E-state index >= 15 is 0 Å². The molecule has 1 heterocycles. The molecule has 5 heteroatoms. The van der Waals surface area contributed by atoms with E-state index in [1.165, 1.54) is 63.4 Å². The van der Waals surface area contributed by atoms with Crippen molar-refractivity contribution >= 4 is 29.5 Å². The molecular weight excluding hydrogens is 422 g/mol. The molecule has 0 bridgehead atoms. The van der Waals surface area contributed by atoms with Gasteiger partial charge in [0.2, 0.25) is 0 Å². The van der Waals surface area contributed by atoms with Crippen molar-refractivity contribution in [1.82, 2.24) is 0 Å². The summed E-state index contributed by atoms with van der Waals surface area (Å²) in [6, 6.07) is 10.0. The third kappa shape index (κ3) is 5.90. The Bertz CT molecular complexity index is 818. The van der Waals surface area contributed by atoms with E-state index in [0.29, 0.717) is 17.6 Å². The summed E-state index contributed by atoms with van der Waals surface area (Å²) in [5.41, 5.74) is 1.50. The first-order valence-corrected chi connectivity index (χ1v) is 13.8. The van der Waals surface area contributed by atoms with Crippen LogP contribution in [0.4, 0.5) is 0 Å². The molecule has 3 fully saturated rings. The van der Waals surface area contributed by atoms with E-state index in [-0.39, 0.29) is 5.57 Å². The highest BCUT2D eigenvalue weighted by Crippen LogP contribution is 2.45. The molecule has 3 aliphatic rings. The highest BCUT2D eigenvalue weighted by atomic mass is 32.2. The maximum absolute atomic E-state index is 12.7. The standard InChI is InChI=1S/C26H33NO2S2/c1-18-7-9-21(10-8-18)22-16-30-26(31-17-22)24(15-27)25(28)29-23-13-11-20(12-14-23)19-5-3-2-4-6-19/h11-14,18-19,21-22H,2-10,16-17H2,1H3. The van der Waals surface area contributed by atoms with Crippen molar-refractivity contribution in [3.63, 3.8) is 0 Å². The van der Waals surface area contributed by atoms with Gasteiger partial charge in [-0.25, -0.2) is 4.79 Å². The van der Waals surface area contributed by atoms with Crippen LogP contribution in [0.5, 0.6) is 5.75 Å². The Kier molecular flexibility index (Phi) is 8.07. The minimum absolute atomic E-state index is 0.169. The summed E-state index contributed by atoms with van der Waals surface area (Å²) in [6.45, 7) is 2.36. The average Bonchev–Trinajstić information content (AvgIpc) is 2.82. The van der Waals surface area contributed by atoms with Crippen molar-refractivity contribution < 1.29 is 9.53 Å². The lowest BCUT2D eigenvalue weighted by atomic mass is 9.77. The van der Waals surface area contributed by atoms with Crippen LogP contribution in [0.25, 0.3) is 0 Å². The van der Waals surface area contributed by atoms with Crippen LogP contribution in [0.3, 0.4) is 0 Å². The number of carbonyl (C=O) groups excluding carboxylic acids is 1. The van der Waals surface area contributed by atoms with Gasteiger partial charge in [0.1, 0.15) is 11.8 Å². The van der Waals surface area contributed by atoms with Crippen molar-refractivity contribution in [2.24, 2.45) is 17.8 Å². The molecule has 0 unspecified atom stereocenters. The van der Waals surface area contributed by atoms with Crippen molar-refractivity contribution in [1.29, 1.82) is 5.26 Å². The SMILES string of the molecule is CC1CCC(C2CSC(=C(C#N)C(=O)Oc3ccc(C4CCCCC4)cc3)SC2)CC1. The Morgan fingerprint density at radius 3 is 2.19 bits per heavy atom. The fourth-order valence-corrected chi connectivity index (χ4v) is 8.15. The molecule has 2 saturated carbocycles. The van der Waals surface area contributed by atoms with E-state index in [1.807, 2.05) is 12.1 Å². The first-order valence-electron chi connectivity index (χ1n) is 11.9. The molecule has 1 aliphatic heterocycles. The zero-order valence-electron chi connectivity index (χ0n) is 18.5. The quantitative estimate of drug-likeness (QED) is 0.206. The Hall–Kier alpha value is -1.38. The van der Waals surface area contributed by atoms with Crippen LogP contribution >= 0.6 is 23.5 Å². The molecular formula is C26H33NO2S2. The summed E-state index contributed by atoms with van der Waals surface area (Å²) < 4.78 is 6.41. The molecule has 0 atom stereocenters. The Balaban J connectivity index is 1.34. The fourth-order valence-electron chi connectivity index (χ4n) is 5.21. The van der Waals surface area contributed by atoms with Crippen LogP contribution in [-0.4, -0.2) is 17.5 Å². The van der Waals surface area contributed by atoms with E-state index in [2.05, 4.69) is 25.1 Å². The largest absolute Gasteiger partial charge is 0.422 e. The number of esters is 1. The van der Waals surface area contributed by atoms with Crippen molar-refractivity contribution in [2.75, 3.05) is 11.5 Å². The van der Waals surface area contributed by atoms with Gasteiger partial charge in [-0.05, 0) is 67.1 Å². The van der Waals surface area contributed by atoms with Crippen LogP contribution in [0.15, 0.2) is 34.1 Å². The monoisotopic (exact) mass is 455 g/mol. The predicted molar refractivity (Wildman–Crippen MR) is 130 cm³/mol. The molecule has 0 radical (unpaired) electrons. The topological polar surface area (TPSA) is 50.1 Å². The molecule has 0 amide bonds. The number of nitrogens with zero attached hydrogens (tertiary/aromatic N) is 1. The lowest BCUT2D eigenvalue weighted by molar-refractivity contribution is -0.129. The first-order chi connectivity index (χ1) is 15.1. The van der Waals surface area contributed by atoms with Gasteiger partial charge >= 0.3 is 5.97 Å². The number of hydrogen-bond acceptors (Lipinski definition) is 5. The predicted octanol–water partition coefficient (Wildman–Crippen LogP) is 7.30. The molecule has 0 N–H and O–H groups in total. The first kappa shape index (κ1) is 22.8. The summed E-state index contributed by atoms with van der Waals surface area (Å²) >= 11 is 3.36. The van der Waals surface area contributed by atoms with Gasteiger partial charge in [-0.3, -0.25) is 0 Å². The van der Waals surface area contributed by atoms with Gasteiger partial charge in [-0.15, -0.1) is 23.5 Å². The van der Waals surface area contributed by atoms with Gasteiger partial charge in [0.25, 0.3) is 0 Å². The van der Waals surface area contributed by atoms with Crippen LogP contribution in [0, 0.1) is 29.1 Å². The van der Waals surface area contributed by atoms with Gasteiger partial charge in [-0.1, -0.05) is 51.2 Å². The van der Waals surface area contributed by atoms with E-state index in [1.54, 1.807) is 23.5 Å². The highest BCUT2D eigenvalue weighted by Gasteiger charge is 2.31. The number of benzene rings is 1. The smallest absolute Gasteiger partial charge is 0.356 e. The number of carbonyl (C=O) groups is 1. The second-order valence-electron chi connectivity index (χ2n) is 9.47. The third-order valence-electron chi connectivity index (χ3n) is 7.27. The molecule has 1 aromatic carbocycles. The Morgan fingerprint density at radius 2 is 1.58 bits per heavy atom. The second kappa shape index (κ2) is 11.0. The minimum Gasteiger partial charge on any atom is -0.422 e. The van der Waals surface area contributed by atoms with E-state index in [4.69, 9.17) is 4.74 Å². The van der Waals surface area contributed by atoms with Crippen molar-refractivity contribution in [3.8, 4) is 11.8 Å². The minimum atomic E-state index is -0.521. The van der Waals surface area contributed by atoms with Crippen molar-refractivity contribution in [3.05, 3.63) is 39.6 Å². The fraction of sp³-hybridized carbons (Fsp3) is 0.615. The molecule has 2 aliphatic carbocycles. The molecule has 3 nitrogen and oxygen atoms in total.